The predicted octanol–water partition coefficient (Wildman–Crippen LogP) is 3.58. The van der Waals surface area contributed by atoms with Crippen LogP contribution >= 0.6 is 15.9 Å². The first kappa shape index (κ1) is 15.5. The molecule has 4 heteroatoms. The second-order valence-electron chi connectivity index (χ2n) is 6.83. The Morgan fingerprint density at radius 2 is 2.29 bits per heavy atom. The first-order chi connectivity index (χ1) is 10.1. The molecule has 2 heterocycles. The van der Waals surface area contributed by atoms with Crippen molar-refractivity contribution < 1.29 is 9.53 Å². The number of halogens is 1. The lowest BCUT2D eigenvalue weighted by molar-refractivity contribution is -0.154. The van der Waals surface area contributed by atoms with Crippen molar-refractivity contribution in [2.24, 2.45) is 23.7 Å². The summed E-state index contributed by atoms with van der Waals surface area (Å²) in [4.78, 5) is 15.1. The summed E-state index contributed by atoms with van der Waals surface area (Å²) in [6, 6.07) is 0.689. The van der Waals surface area contributed by atoms with E-state index in [1.165, 1.54) is 30.3 Å². The van der Waals surface area contributed by atoms with Gasteiger partial charge in [0, 0.05) is 18.5 Å². The molecule has 0 aromatic heterocycles. The smallest absolute Gasteiger partial charge is 0.309 e. The number of hydrogen-bond acceptors (Lipinski definition) is 3. The largest absolute Gasteiger partial charge is 0.466 e. The van der Waals surface area contributed by atoms with Crippen molar-refractivity contribution in [2.75, 3.05) is 19.7 Å². The third kappa shape index (κ3) is 2.94. The second kappa shape index (κ2) is 6.41. The molecule has 0 spiro atoms. The van der Waals surface area contributed by atoms with E-state index >= 15 is 0 Å². The van der Waals surface area contributed by atoms with Crippen molar-refractivity contribution in [3.63, 3.8) is 0 Å². The Balaban J connectivity index is 1.84. The standard InChI is InChI=1S/C17H26BrNO2/c1-3-21-17(20)16-11(2)15(18)8-12-10-19-7-5-4-6-13(19)9-14(12)16/h8,11-14,16H,3-7,9-10H2,1-2H3/t11-,12-,13?,14-,16-/m0/s1. The molecule has 3 nitrogen and oxygen atoms in total. The van der Waals surface area contributed by atoms with Gasteiger partial charge in [-0.3, -0.25) is 9.69 Å². The van der Waals surface area contributed by atoms with E-state index in [1.54, 1.807) is 0 Å². The van der Waals surface area contributed by atoms with Gasteiger partial charge in [-0.15, -0.1) is 0 Å². The number of rotatable bonds is 2. The third-order valence-electron chi connectivity index (χ3n) is 5.66. The van der Waals surface area contributed by atoms with Crippen molar-refractivity contribution in [3.05, 3.63) is 10.6 Å². The fraction of sp³-hybridized carbons (Fsp3) is 0.824. The summed E-state index contributed by atoms with van der Waals surface area (Å²) in [6.45, 7) is 6.89. The Labute approximate surface area is 136 Å². The van der Waals surface area contributed by atoms with Gasteiger partial charge in [0.05, 0.1) is 12.5 Å². The van der Waals surface area contributed by atoms with Gasteiger partial charge in [-0.25, -0.2) is 0 Å². The zero-order chi connectivity index (χ0) is 15.0. The molecule has 1 unspecified atom stereocenters. The molecule has 0 amide bonds. The van der Waals surface area contributed by atoms with Crippen molar-refractivity contribution in [2.45, 2.75) is 45.6 Å². The van der Waals surface area contributed by atoms with E-state index in [4.69, 9.17) is 4.74 Å². The Morgan fingerprint density at radius 1 is 1.48 bits per heavy atom. The number of hydrogen-bond donors (Lipinski definition) is 0. The molecular weight excluding hydrogens is 330 g/mol. The normalized spacial score (nSPS) is 40.0. The van der Waals surface area contributed by atoms with Crippen LogP contribution in [0.25, 0.3) is 0 Å². The molecule has 0 aromatic rings. The lowest BCUT2D eigenvalue weighted by Crippen LogP contribution is -2.53. The number of fused-ring (bicyclic) bond motifs is 2. The minimum absolute atomic E-state index is 0.00862. The van der Waals surface area contributed by atoms with Crippen molar-refractivity contribution in [1.82, 2.24) is 4.90 Å². The van der Waals surface area contributed by atoms with Gasteiger partial charge < -0.3 is 4.74 Å². The summed E-state index contributed by atoms with van der Waals surface area (Å²) in [5.74, 6) is 1.24. The van der Waals surface area contributed by atoms with Gasteiger partial charge in [-0.2, -0.15) is 0 Å². The van der Waals surface area contributed by atoms with Crippen LogP contribution < -0.4 is 0 Å². The second-order valence-corrected chi connectivity index (χ2v) is 7.74. The highest BCUT2D eigenvalue weighted by Gasteiger charge is 2.47. The molecule has 3 rings (SSSR count). The van der Waals surface area contributed by atoms with Gasteiger partial charge >= 0.3 is 5.97 Å². The highest BCUT2D eigenvalue weighted by molar-refractivity contribution is 9.11. The maximum atomic E-state index is 12.5. The first-order valence-electron chi connectivity index (χ1n) is 8.39. The van der Waals surface area contributed by atoms with Crippen molar-refractivity contribution >= 4 is 21.9 Å². The molecule has 0 radical (unpaired) electrons. The van der Waals surface area contributed by atoms with Gasteiger partial charge in [-0.05, 0) is 49.0 Å². The summed E-state index contributed by atoms with van der Waals surface area (Å²) >= 11 is 3.70. The Kier molecular flexibility index (Phi) is 4.75. The van der Waals surface area contributed by atoms with Crippen LogP contribution in [0, 0.1) is 23.7 Å². The number of carbonyl (C=O) groups is 1. The maximum absolute atomic E-state index is 12.5. The molecule has 2 fully saturated rings. The van der Waals surface area contributed by atoms with Crippen LogP contribution in [-0.4, -0.2) is 36.6 Å². The number of allylic oxidation sites excluding steroid dienone is 1. The van der Waals surface area contributed by atoms with Crippen LogP contribution in [0.2, 0.25) is 0 Å². The molecule has 21 heavy (non-hydrogen) atoms. The number of nitrogens with zero attached hydrogens (tertiary/aromatic N) is 1. The Hall–Kier alpha value is -0.350. The van der Waals surface area contributed by atoms with Crippen LogP contribution in [-0.2, 0) is 9.53 Å². The Bertz CT molecular complexity index is 437. The fourth-order valence-electron chi connectivity index (χ4n) is 4.57. The van der Waals surface area contributed by atoms with Crippen LogP contribution in [0.4, 0.5) is 0 Å². The van der Waals surface area contributed by atoms with Crippen LogP contribution in [0.3, 0.4) is 0 Å². The summed E-state index contributed by atoms with van der Waals surface area (Å²) in [5.41, 5.74) is 0. The molecule has 0 N–H and O–H groups in total. The quantitative estimate of drug-likeness (QED) is 0.709. The number of esters is 1. The zero-order valence-electron chi connectivity index (χ0n) is 13.1. The lowest BCUT2D eigenvalue weighted by Gasteiger charge is -2.50. The number of carbonyl (C=O) groups excluding carboxylic acids is 1. The molecule has 2 aliphatic heterocycles. The van der Waals surface area contributed by atoms with E-state index in [-0.39, 0.29) is 17.8 Å². The molecule has 1 aliphatic carbocycles. The molecule has 3 aliphatic rings. The Morgan fingerprint density at radius 3 is 3.05 bits per heavy atom. The van der Waals surface area contributed by atoms with Crippen molar-refractivity contribution in [1.29, 1.82) is 0 Å². The van der Waals surface area contributed by atoms with Gasteiger partial charge in [0.1, 0.15) is 0 Å². The molecule has 118 valence electrons. The minimum Gasteiger partial charge on any atom is -0.466 e. The minimum atomic E-state index is 0.00862. The van der Waals surface area contributed by atoms with Gasteiger partial charge in [0.2, 0.25) is 0 Å². The third-order valence-corrected chi connectivity index (χ3v) is 6.64. The van der Waals surface area contributed by atoms with Gasteiger partial charge in [0.15, 0.2) is 0 Å². The maximum Gasteiger partial charge on any atom is 0.309 e. The molecule has 2 saturated heterocycles. The van der Waals surface area contributed by atoms with Crippen LogP contribution in [0.15, 0.2) is 10.6 Å². The van der Waals surface area contributed by atoms with E-state index in [9.17, 15) is 4.79 Å². The highest BCUT2D eigenvalue weighted by atomic mass is 79.9. The van der Waals surface area contributed by atoms with Gasteiger partial charge in [-0.1, -0.05) is 35.4 Å². The van der Waals surface area contributed by atoms with E-state index in [1.807, 2.05) is 6.92 Å². The molecule has 0 bridgehead atoms. The van der Waals surface area contributed by atoms with E-state index in [0.717, 1.165) is 13.0 Å². The topological polar surface area (TPSA) is 29.5 Å². The molecule has 0 aromatic carbocycles. The molecule has 0 saturated carbocycles. The monoisotopic (exact) mass is 355 g/mol. The van der Waals surface area contributed by atoms with E-state index in [2.05, 4.69) is 33.8 Å². The summed E-state index contributed by atoms with van der Waals surface area (Å²) < 4.78 is 6.58. The van der Waals surface area contributed by atoms with Crippen LogP contribution in [0.1, 0.15) is 39.5 Å². The summed E-state index contributed by atoms with van der Waals surface area (Å²) in [7, 11) is 0. The van der Waals surface area contributed by atoms with E-state index in [0.29, 0.717) is 24.5 Å². The van der Waals surface area contributed by atoms with Gasteiger partial charge in [0.25, 0.3) is 0 Å². The average molecular weight is 356 g/mol. The first-order valence-corrected chi connectivity index (χ1v) is 9.19. The predicted molar refractivity (Wildman–Crippen MR) is 87.1 cm³/mol. The molecular formula is C17H26BrNO2. The van der Waals surface area contributed by atoms with Crippen molar-refractivity contribution in [3.8, 4) is 0 Å². The summed E-state index contributed by atoms with van der Waals surface area (Å²) in [6.07, 6.45) is 7.51. The van der Waals surface area contributed by atoms with Crippen LogP contribution in [0.5, 0.6) is 0 Å². The molecule has 5 atom stereocenters. The fourth-order valence-corrected chi connectivity index (χ4v) is 5.19. The lowest BCUT2D eigenvalue weighted by atomic mass is 9.65. The highest BCUT2D eigenvalue weighted by Crippen LogP contribution is 2.47. The average Bonchev–Trinajstić information content (AvgIpc) is 2.47. The number of piperidine rings is 2. The summed E-state index contributed by atoms with van der Waals surface area (Å²) in [5, 5.41) is 0. The zero-order valence-corrected chi connectivity index (χ0v) is 14.6. The SMILES string of the molecule is CCOC(=O)[C@@H]1[C@H]2CC3CCCCN3C[C@@H]2C=C(Br)[C@@H]1C. The van der Waals surface area contributed by atoms with E-state index < -0.39 is 0 Å². The number of ether oxygens (including phenoxy) is 1.